The Bertz CT molecular complexity index is 1050. The van der Waals surface area contributed by atoms with Gasteiger partial charge in [0.15, 0.2) is 0 Å². The van der Waals surface area contributed by atoms with Crippen molar-refractivity contribution in [3.8, 4) is 0 Å². The van der Waals surface area contributed by atoms with Crippen LogP contribution in [0.15, 0.2) is 55.4 Å². The number of nitrogens with one attached hydrogen (secondary N) is 1. The molecule has 2 atom stereocenters. The highest BCUT2D eigenvalue weighted by molar-refractivity contribution is 5.94. The Morgan fingerprint density at radius 3 is 2.33 bits per heavy atom. The van der Waals surface area contributed by atoms with E-state index in [9.17, 15) is 9.18 Å². The largest absolute Gasteiger partial charge is 0.394 e. The lowest BCUT2D eigenvalue weighted by molar-refractivity contribution is 0.0918. The van der Waals surface area contributed by atoms with Crippen LogP contribution in [0.25, 0.3) is 0 Å². The van der Waals surface area contributed by atoms with Crippen LogP contribution in [0.1, 0.15) is 68.4 Å². The lowest BCUT2D eigenvalue weighted by Gasteiger charge is -2.38. The van der Waals surface area contributed by atoms with Crippen molar-refractivity contribution >= 4 is 11.9 Å². The molecular formula is C31H46FN5O2. The Kier molecular flexibility index (Phi) is 13.8. The van der Waals surface area contributed by atoms with Crippen LogP contribution >= 0.6 is 0 Å². The summed E-state index contributed by atoms with van der Waals surface area (Å²) in [5.74, 6) is -0.202. The number of aromatic nitrogens is 2. The third-order valence-electron chi connectivity index (χ3n) is 6.82. The number of carbonyl (C=O) groups excluding carboxylic acids is 1. The number of halogens is 1. The molecule has 0 spiro atoms. The van der Waals surface area contributed by atoms with Gasteiger partial charge in [0, 0.05) is 50.7 Å². The SMILES string of the molecule is C=CC(=C)C.CCCc1cnc(N2CCN(C(C)CCCc3ccc(C(=O)NC(C)CO)c(F)c3)CC2)nc1. The third-order valence-corrected chi connectivity index (χ3v) is 6.82. The minimum Gasteiger partial charge on any atom is -0.394 e. The average molecular weight is 540 g/mol. The first-order chi connectivity index (χ1) is 18.7. The molecule has 0 aliphatic carbocycles. The van der Waals surface area contributed by atoms with Crippen LogP contribution in [-0.4, -0.2) is 70.8 Å². The van der Waals surface area contributed by atoms with Gasteiger partial charge in [0.25, 0.3) is 5.91 Å². The van der Waals surface area contributed by atoms with Crippen molar-refractivity contribution in [3.05, 3.63) is 77.9 Å². The smallest absolute Gasteiger partial charge is 0.254 e. The molecule has 1 fully saturated rings. The van der Waals surface area contributed by atoms with Crippen LogP contribution in [0.5, 0.6) is 0 Å². The third kappa shape index (κ3) is 10.9. The van der Waals surface area contributed by atoms with Gasteiger partial charge in [-0.1, -0.05) is 44.2 Å². The highest BCUT2D eigenvalue weighted by Gasteiger charge is 2.22. The molecular weight excluding hydrogens is 493 g/mol. The second-order valence-electron chi connectivity index (χ2n) is 10.3. The van der Waals surface area contributed by atoms with Gasteiger partial charge in [-0.15, -0.1) is 0 Å². The monoisotopic (exact) mass is 539 g/mol. The number of hydrogen-bond donors (Lipinski definition) is 2. The van der Waals surface area contributed by atoms with Gasteiger partial charge in [0.2, 0.25) is 5.95 Å². The van der Waals surface area contributed by atoms with Crippen LogP contribution in [0, 0.1) is 5.82 Å². The summed E-state index contributed by atoms with van der Waals surface area (Å²) in [5.41, 5.74) is 3.11. The summed E-state index contributed by atoms with van der Waals surface area (Å²) in [6.45, 7) is 18.6. The topological polar surface area (TPSA) is 81.6 Å². The van der Waals surface area contributed by atoms with Crippen LogP contribution in [0.3, 0.4) is 0 Å². The molecule has 0 saturated carbocycles. The van der Waals surface area contributed by atoms with E-state index in [1.165, 1.54) is 17.7 Å². The standard InChI is InChI=1S/C26H38FN5O2.C5H8/c1-4-6-22-16-28-26(29-17-22)32-13-11-31(12-14-32)20(3)7-5-8-21-9-10-23(24(27)15-21)25(34)30-19(2)18-33;1-4-5(2)3/h9-10,15-17,19-20,33H,4-8,11-14,18H2,1-3H3,(H,30,34);4H,1-2H2,3H3. The van der Waals surface area contributed by atoms with E-state index < -0.39 is 17.8 Å². The summed E-state index contributed by atoms with van der Waals surface area (Å²) in [7, 11) is 0. The molecule has 1 amide bonds. The first kappa shape index (κ1) is 32.1. The Hall–Kier alpha value is -3.10. The van der Waals surface area contributed by atoms with E-state index in [-0.39, 0.29) is 12.2 Å². The van der Waals surface area contributed by atoms with Crippen LogP contribution in [0.4, 0.5) is 10.3 Å². The van der Waals surface area contributed by atoms with E-state index in [1.807, 2.05) is 25.4 Å². The van der Waals surface area contributed by atoms with Crippen LogP contribution < -0.4 is 10.2 Å². The maximum Gasteiger partial charge on any atom is 0.254 e. The Morgan fingerprint density at radius 2 is 1.79 bits per heavy atom. The first-order valence-corrected chi connectivity index (χ1v) is 14.0. The predicted molar refractivity (Wildman–Crippen MR) is 158 cm³/mol. The molecule has 0 radical (unpaired) electrons. The lowest BCUT2D eigenvalue weighted by atomic mass is 10.0. The maximum atomic E-state index is 14.4. The summed E-state index contributed by atoms with van der Waals surface area (Å²) < 4.78 is 14.4. The number of aliphatic hydroxyl groups is 1. The number of piperazine rings is 1. The Labute approximate surface area is 233 Å². The fourth-order valence-corrected chi connectivity index (χ4v) is 4.32. The van der Waals surface area contributed by atoms with Crippen LogP contribution in [-0.2, 0) is 12.8 Å². The number of hydrogen-bond acceptors (Lipinski definition) is 6. The first-order valence-electron chi connectivity index (χ1n) is 14.0. The lowest BCUT2D eigenvalue weighted by Crippen LogP contribution is -2.50. The van der Waals surface area contributed by atoms with Crippen molar-refractivity contribution in [1.29, 1.82) is 0 Å². The number of anilines is 1. The zero-order valence-electron chi connectivity index (χ0n) is 24.1. The van der Waals surface area contributed by atoms with E-state index in [1.54, 1.807) is 13.0 Å². The van der Waals surface area contributed by atoms with Gasteiger partial charge in [-0.25, -0.2) is 14.4 Å². The number of amides is 1. The number of carbonyl (C=O) groups is 1. The highest BCUT2D eigenvalue weighted by atomic mass is 19.1. The van der Waals surface area contributed by atoms with Crippen molar-refractivity contribution < 1.29 is 14.3 Å². The predicted octanol–water partition coefficient (Wildman–Crippen LogP) is 4.96. The second kappa shape index (κ2) is 16.8. The number of rotatable bonds is 12. The van der Waals surface area contributed by atoms with E-state index in [2.05, 4.69) is 52.1 Å². The minimum absolute atomic E-state index is 0.0132. The molecule has 2 N–H and O–H groups in total. The molecule has 8 heteroatoms. The molecule has 2 unspecified atom stereocenters. The summed E-state index contributed by atoms with van der Waals surface area (Å²) in [5, 5.41) is 11.6. The van der Waals surface area contributed by atoms with Crippen molar-refractivity contribution in [1.82, 2.24) is 20.2 Å². The molecule has 39 heavy (non-hydrogen) atoms. The van der Waals surface area contributed by atoms with Crippen molar-refractivity contribution in [3.63, 3.8) is 0 Å². The zero-order valence-corrected chi connectivity index (χ0v) is 24.1. The van der Waals surface area contributed by atoms with Crippen molar-refractivity contribution in [2.45, 2.75) is 71.9 Å². The summed E-state index contributed by atoms with van der Waals surface area (Å²) in [4.78, 5) is 25.9. The fraction of sp³-hybridized carbons (Fsp3) is 0.516. The molecule has 2 aromatic rings. The van der Waals surface area contributed by atoms with Crippen molar-refractivity contribution in [2.24, 2.45) is 0 Å². The molecule has 1 aromatic heterocycles. The quantitative estimate of drug-likeness (QED) is 0.371. The molecule has 1 aromatic carbocycles. The minimum atomic E-state index is -0.519. The average Bonchev–Trinajstić information content (AvgIpc) is 2.94. The maximum absolute atomic E-state index is 14.4. The molecule has 1 saturated heterocycles. The van der Waals surface area contributed by atoms with Gasteiger partial charge in [-0.3, -0.25) is 9.69 Å². The molecule has 1 aliphatic rings. The van der Waals surface area contributed by atoms with Crippen molar-refractivity contribution in [2.75, 3.05) is 37.7 Å². The number of aryl methyl sites for hydroxylation is 2. The van der Waals surface area contributed by atoms with Gasteiger partial charge >= 0.3 is 0 Å². The Balaban J connectivity index is 0.000000976. The number of aliphatic hydroxyl groups excluding tert-OH is 1. The summed E-state index contributed by atoms with van der Waals surface area (Å²) in [6, 6.07) is 4.84. The van der Waals surface area contributed by atoms with Gasteiger partial charge in [0.05, 0.1) is 12.2 Å². The van der Waals surface area contributed by atoms with E-state index >= 15 is 0 Å². The zero-order chi connectivity index (χ0) is 28.8. The molecule has 2 heterocycles. The summed E-state index contributed by atoms with van der Waals surface area (Å²) in [6.07, 6.45) is 10.5. The number of allylic oxidation sites excluding steroid dienone is 2. The number of nitrogens with zero attached hydrogens (tertiary/aromatic N) is 4. The van der Waals surface area contributed by atoms with Gasteiger partial charge in [-0.2, -0.15) is 0 Å². The molecule has 7 nitrogen and oxygen atoms in total. The Morgan fingerprint density at radius 1 is 1.15 bits per heavy atom. The van der Waals surface area contributed by atoms with Gasteiger partial charge in [0.1, 0.15) is 5.82 Å². The molecule has 3 rings (SSSR count). The highest BCUT2D eigenvalue weighted by Crippen LogP contribution is 2.18. The normalized spacial score (nSPS) is 15.1. The van der Waals surface area contributed by atoms with E-state index in [0.717, 1.165) is 75.4 Å². The molecule has 214 valence electrons. The molecule has 1 aliphatic heterocycles. The van der Waals surface area contributed by atoms with Crippen LogP contribution in [0.2, 0.25) is 0 Å². The van der Waals surface area contributed by atoms with Gasteiger partial charge < -0.3 is 15.3 Å². The van der Waals surface area contributed by atoms with E-state index in [4.69, 9.17) is 5.11 Å². The van der Waals surface area contributed by atoms with E-state index in [0.29, 0.717) is 6.04 Å². The van der Waals surface area contributed by atoms with Gasteiger partial charge in [-0.05, 0) is 69.7 Å². The molecule has 0 bridgehead atoms. The fourth-order valence-electron chi connectivity index (χ4n) is 4.32. The second-order valence-corrected chi connectivity index (χ2v) is 10.3. The number of benzene rings is 1. The summed E-state index contributed by atoms with van der Waals surface area (Å²) >= 11 is 0.